The van der Waals surface area contributed by atoms with Crippen LogP contribution in [0.2, 0.25) is 0 Å². The number of hydrogen-bond acceptors (Lipinski definition) is 10. The normalized spacial score (nSPS) is 20.0. The van der Waals surface area contributed by atoms with Crippen LogP contribution in [0.3, 0.4) is 0 Å². The quantitative estimate of drug-likeness (QED) is 0.102. The average molecular weight is 765 g/mol. The second-order valence-corrected chi connectivity index (χ2v) is 14.6. The van der Waals surface area contributed by atoms with E-state index in [1.165, 1.54) is 6.20 Å². The molecule has 1 amide bonds. The first-order chi connectivity index (χ1) is 27.8. The number of carbonyl (C=O) groups is 1. The minimum atomic E-state index is -0.609. The summed E-state index contributed by atoms with van der Waals surface area (Å²) in [6.45, 7) is 6.45. The van der Waals surface area contributed by atoms with E-state index in [9.17, 15) is 20.0 Å². The summed E-state index contributed by atoms with van der Waals surface area (Å²) < 4.78 is 13.5. The number of rotatable bonds is 11. The molecule has 3 heterocycles. The number of aromatic nitrogens is 2. The standard InChI is InChI=1S/C45H44N6O6/c1-30-42(28-49-22-24-50(25-23-49)36-18-20-37(21-19-36)51(54)55)56-45(57-43(30)33-12-10-31(29-52)11-13-33)34-16-14-32(15-17-34)38-7-3-2-6-35(38)26-47-44(53)41-27-46-39-8-4-5-9-40(39)48-41/h2-21,27,30,42-43,45,52H,22-26,28-29H2,1H3,(H,47,53)/t30-,42+,43+,45+/m0/s1. The van der Waals surface area contributed by atoms with E-state index in [2.05, 4.69) is 44.1 Å². The Morgan fingerprint density at radius 1 is 0.842 bits per heavy atom. The van der Waals surface area contributed by atoms with Crippen LogP contribution in [0.15, 0.2) is 128 Å². The van der Waals surface area contributed by atoms with Crippen molar-refractivity contribution < 1.29 is 24.3 Å². The number of amides is 1. The summed E-state index contributed by atoms with van der Waals surface area (Å²) in [4.78, 5) is 37.4. The molecule has 2 aliphatic rings. The highest BCUT2D eigenvalue weighted by Crippen LogP contribution is 2.42. The Labute approximate surface area is 330 Å². The molecule has 0 aliphatic carbocycles. The fourth-order valence-electron chi connectivity index (χ4n) is 7.66. The van der Waals surface area contributed by atoms with E-state index in [4.69, 9.17) is 9.47 Å². The minimum absolute atomic E-state index is 0.0252. The van der Waals surface area contributed by atoms with Crippen LogP contribution in [0, 0.1) is 16.0 Å². The SMILES string of the molecule is C[C@H]1[C@@H](CN2CCN(c3ccc([N+](=O)[O-])cc3)CC2)O[C@@H](c2ccc(-c3ccccc3CNC(=O)c3cnc4ccccc4n3)cc2)O[C@H]1c1ccc(CO)cc1. The van der Waals surface area contributed by atoms with Crippen molar-refractivity contribution >= 4 is 28.3 Å². The number of non-ortho nitro benzene ring substituents is 1. The molecule has 0 bridgehead atoms. The van der Waals surface area contributed by atoms with Gasteiger partial charge >= 0.3 is 0 Å². The van der Waals surface area contributed by atoms with E-state index in [0.29, 0.717) is 12.1 Å². The highest BCUT2D eigenvalue weighted by atomic mass is 16.7. The smallest absolute Gasteiger partial charge is 0.271 e. The molecule has 2 fully saturated rings. The molecule has 0 unspecified atom stereocenters. The van der Waals surface area contributed by atoms with Gasteiger partial charge in [-0.05, 0) is 52.1 Å². The Hall–Kier alpha value is -6.05. The van der Waals surface area contributed by atoms with Gasteiger partial charge < -0.3 is 24.8 Å². The Bertz CT molecular complexity index is 2330. The number of benzene rings is 5. The maximum absolute atomic E-state index is 13.1. The molecule has 8 rings (SSSR count). The molecule has 12 heteroatoms. The molecule has 1 aromatic heterocycles. The summed E-state index contributed by atoms with van der Waals surface area (Å²) in [7, 11) is 0. The van der Waals surface area contributed by atoms with Crippen LogP contribution < -0.4 is 10.2 Å². The van der Waals surface area contributed by atoms with Gasteiger partial charge in [0.2, 0.25) is 0 Å². The number of nitro groups is 1. The van der Waals surface area contributed by atoms with E-state index in [0.717, 1.165) is 77.3 Å². The van der Waals surface area contributed by atoms with Gasteiger partial charge in [-0.25, -0.2) is 4.98 Å². The van der Waals surface area contributed by atoms with Crippen molar-refractivity contribution in [3.05, 3.63) is 166 Å². The largest absolute Gasteiger partial charge is 0.392 e. The van der Waals surface area contributed by atoms with Crippen molar-refractivity contribution in [3.63, 3.8) is 0 Å². The number of nitro benzene ring substituents is 1. The number of anilines is 1. The first-order valence-corrected chi connectivity index (χ1v) is 19.2. The van der Waals surface area contributed by atoms with Gasteiger partial charge in [0.25, 0.3) is 11.6 Å². The molecule has 0 radical (unpaired) electrons. The Kier molecular flexibility index (Phi) is 11.3. The molecule has 2 saturated heterocycles. The summed E-state index contributed by atoms with van der Waals surface area (Å²) in [5, 5.41) is 23.8. The van der Waals surface area contributed by atoms with E-state index in [1.54, 1.807) is 12.1 Å². The zero-order chi connectivity index (χ0) is 39.3. The first kappa shape index (κ1) is 37.9. The molecule has 0 spiro atoms. The number of para-hydroxylation sites is 2. The van der Waals surface area contributed by atoms with E-state index in [1.807, 2.05) is 97.1 Å². The number of hydrogen-bond donors (Lipinski definition) is 2. The van der Waals surface area contributed by atoms with E-state index >= 15 is 0 Å². The summed E-state index contributed by atoms with van der Waals surface area (Å²) in [6, 6.07) is 38.4. The van der Waals surface area contributed by atoms with Crippen LogP contribution in [-0.2, 0) is 22.6 Å². The number of aliphatic hydroxyl groups excluding tert-OH is 1. The van der Waals surface area contributed by atoms with Crippen LogP contribution in [0.4, 0.5) is 11.4 Å². The van der Waals surface area contributed by atoms with Crippen LogP contribution >= 0.6 is 0 Å². The summed E-state index contributed by atoms with van der Waals surface area (Å²) in [5.74, 6) is -0.253. The monoisotopic (exact) mass is 764 g/mol. The molecule has 6 aromatic rings. The van der Waals surface area contributed by atoms with E-state index < -0.39 is 6.29 Å². The minimum Gasteiger partial charge on any atom is -0.392 e. The zero-order valence-corrected chi connectivity index (χ0v) is 31.6. The van der Waals surface area contributed by atoms with E-state index in [-0.39, 0.29) is 46.9 Å². The number of piperazine rings is 1. The number of nitrogens with one attached hydrogen (secondary N) is 1. The lowest BCUT2D eigenvalue weighted by atomic mass is 9.89. The maximum atomic E-state index is 13.1. The van der Waals surface area contributed by atoms with Crippen molar-refractivity contribution in [2.24, 2.45) is 5.92 Å². The van der Waals surface area contributed by atoms with Crippen molar-refractivity contribution in [1.29, 1.82) is 0 Å². The molecule has 57 heavy (non-hydrogen) atoms. The lowest BCUT2D eigenvalue weighted by Gasteiger charge is -2.44. The maximum Gasteiger partial charge on any atom is 0.271 e. The van der Waals surface area contributed by atoms with Gasteiger partial charge in [-0.3, -0.25) is 24.8 Å². The van der Waals surface area contributed by atoms with Gasteiger partial charge in [-0.2, -0.15) is 0 Å². The second-order valence-electron chi connectivity index (χ2n) is 14.6. The molecular weight excluding hydrogens is 721 g/mol. The Morgan fingerprint density at radius 3 is 2.25 bits per heavy atom. The number of aliphatic hydroxyl groups is 1. The lowest BCUT2D eigenvalue weighted by Crippen LogP contribution is -2.51. The molecule has 5 aromatic carbocycles. The van der Waals surface area contributed by atoms with Gasteiger partial charge in [0.15, 0.2) is 6.29 Å². The van der Waals surface area contributed by atoms with Crippen LogP contribution in [-0.4, -0.2) is 69.6 Å². The predicted molar refractivity (Wildman–Crippen MR) is 217 cm³/mol. The second kappa shape index (κ2) is 17.0. The van der Waals surface area contributed by atoms with Gasteiger partial charge in [0, 0.05) is 68.6 Å². The van der Waals surface area contributed by atoms with Gasteiger partial charge in [-0.15, -0.1) is 0 Å². The predicted octanol–water partition coefficient (Wildman–Crippen LogP) is 7.24. The fraction of sp³-hybridized carbons (Fsp3) is 0.267. The fourth-order valence-corrected chi connectivity index (χ4v) is 7.66. The number of ether oxygens (including phenoxy) is 2. The summed E-state index contributed by atoms with van der Waals surface area (Å²) in [5.41, 5.74) is 8.48. The molecular formula is C45H44N6O6. The zero-order valence-electron chi connectivity index (χ0n) is 31.6. The third kappa shape index (κ3) is 8.54. The van der Waals surface area contributed by atoms with Crippen molar-refractivity contribution in [2.75, 3.05) is 37.6 Å². The first-order valence-electron chi connectivity index (χ1n) is 19.2. The van der Waals surface area contributed by atoms with Crippen LogP contribution in [0.25, 0.3) is 22.2 Å². The van der Waals surface area contributed by atoms with Crippen LogP contribution in [0.5, 0.6) is 0 Å². The molecule has 4 atom stereocenters. The molecule has 0 saturated carbocycles. The summed E-state index contributed by atoms with van der Waals surface area (Å²) in [6.07, 6.45) is 0.525. The third-order valence-electron chi connectivity index (χ3n) is 11.0. The highest BCUT2D eigenvalue weighted by molar-refractivity contribution is 5.93. The lowest BCUT2D eigenvalue weighted by molar-refractivity contribution is -0.384. The van der Waals surface area contributed by atoms with Gasteiger partial charge in [0.1, 0.15) is 5.69 Å². The Balaban J connectivity index is 0.966. The van der Waals surface area contributed by atoms with Crippen molar-refractivity contribution in [1.82, 2.24) is 20.2 Å². The topological polar surface area (TPSA) is 143 Å². The van der Waals surface area contributed by atoms with Gasteiger partial charge in [0.05, 0.1) is 41.0 Å². The van der Waals surface area contributed by atoms with Gasteiger partial charge in [-0.1, -0.05) is 91.9 Å². The molecule has 290 valence electrons. The number of fused-ring (bicyclic) bond motifs is 1. The van der Waals surface area contributed by atoms with Crippen LogP contribution in [0.1, 0.15) is 52.1 Å². The molecule has 2 N–H and O–H groups in total. The van der Waals surface area contributed by atoms with Crippen molar-refractivity contribution in [3.8, 4) is 11.1 Å². The third-order valence-corrected chi connectivity index (χ3v) is 11.0. The highest BCUT2D eigenvalue weighted by Gasteiger charge is 2.39. The summed E-state index contributed by atoms with van der Waals surface area (Å²) >= 11 is 0. The molecule has 12 nitrogen and oxygen atoms in total. The number of carbonyl (C=O) groups excluding carboxylic acids is 1. The van der Waals surface area contributed by atoms with Crippen molar-refractivity contribution in [2.45, 2.75) is 38.6 Å². The molecule has 2 aliphatic heterocycles. The number of nitrogens with zero attached hydrogens (tertiary/aromatic N) is 5. The Morgan fingerprint density at radius 2 is 1.53 bits per heavy atom. The average Bonchev–Trinajstić information content (AvgIpc) is 3.26.